The van der Waals surface area contributed by atoms with Gasteiger partial charge >= 0.3 is 0 Å². The van der Waals surface area contributed by atoms with E-state index in [0.717, 1.165) is 10.8 Å². The van der Waals surface area contributed by atoms with Gasteiger partial charge in [-0.2, -0.15) is 0 Å². The number of amides is 3. The lowest BCUT2D eigenvalue weighted by molar-refractivity contribution is -0.122. The Morgan fingerprint density at radius 3 is 2.79 bits per heavy atom. The number of hydrogen-bond donors (Lipinski definition) is 2. The maximum absolute atomic E-state index is 13.6. The van der Waals surface area contributed by atoms with Crippen molar-refractivity contribution in [1.29, 1.82) is 0 Å². The summed E-state index contributed by atoms with van der Waals surface area (Å²) >= 11 is 6.15. The molecule has 3 amide bonds. The van der Waals surface area contributed by atoms with Crippen LogP contribution in [0.15, 0.2) is 54.7 Å². The Bertz CT molecular complexity index is 1310. The second kappa shape index (κ2) is 12.7. The average Bonchev–Trinajstić information content (AvgIpc) is 2.90. The van der Waals surface area contributed by atoms with Gasteiger partial charge in [0.2, 0.25) is 5.91 Å². The van der Waals surface area contributed by atoms with E-state index in [1.165, 1.54) is 4.90 Å². The van der Waals surface area contributed by atoms with Crippen LogP contribution in [-0.4, -0.2) is 59.9 Å². The molecule has 8 nitrogen and oxygen atoms in total. The molecular formula is C29H33ClN4O4. The highest BCUT2D eigenvalue weighted by molar-refractivity contribution is 6.31. The van der Waals surface area contributed by atoms with E-state index >= 15 is 0 Å². The second-order valence-corrected chi connectivity index (χ2v) is 10.4. The van der Waals surface area contributed by atoms with Crippen molar-refractivity contribution in [2.45, 2.75) is 39.2 Å². The normalized spacial score (nSPS) is 17.6. The highest BCUT2D eigenvalue weighted by Crippen LogP contribution is 2.24. The summed E-state index contributed by atoms with van der Waals surface area (Å²) in [5, 5.41) is 8.03. The third-order valence-corrected chi connectivity index (χ3v) is 6.62. The summed E-state index contributed by atoms with van der Waals surface area (Å²) in [7, 11) is 0. The summed E-state index contributed by atoms with van der Waals surface area (Å²) in [4.78, 5) is 45.6. The number of carbonyl (C=O) groups is 3. The van der Waals surface area contributed by atoms with Crippen molar-refractivity contribution in [2.75, 3.05) is 26.2 Å². The number of ether oxygens (including phenoxy) is 1. The summed E-state index contributed by atoms with van der Waals surface area (Å²) in [6.45, 7) is 4.94. The molecule has 0 radical (unpaired) electrons. The van der Waals surface area contributed by atoms with Gasteiger partial charge in [0.1, 0.15) is 18.1 Å². The predicted octanol–water partition coefficient (Wildman–Crippen LogP) is 4.46. The Morgan fingerprint density at radius 2 is 1.97 bits per heavy atom. The molecule has 1 aromatic heterocycles. The second-order valence-electron chi connectivity index (χ2n) is 9.92. The van der Waals surface area contributed by atoms with Gasteiger partial charge in [-0.3, -0.25) is 19.4 Å². The molecule has 9 heteroatoms. The Balaban J connectivity index is 1.59. The summed E-state index contributed by atoms with van der Waals surface area (Å²) in [6.07, 6.45) is 3.49. The van der Waals surface area contributed by atoms with E-state index < -0.39 is 0 Å². The highest BCUT2D eigenvalue weighted by Gasteiger charge is 2.24. The minimum atomic E-state index is -0.313. The zero-order valence-corrected chi connectivity index (χ0v) is 22.5. The van der Waals surface area contributed by atoms with Crippen LogP contribution in [0.4, 0.5) is 0 Å². The van der Waals surface area contributed by atoms with Crippen molar-refractivity contribution in [1.82, 2.24) is 20.5 Å². The summed E-state index contributed by atoms with van der Waals surface area (Å²) < 4.78 is 6.02. The van der Waals surface area contributed by atoms with Crippen molar-refractivity contribution >= 4 is 40.1 Å². The van der Waals surface area contributed by atoms with Crippen molar-refractivity contribution in [3.63, 3.8) is 0 Å². The first kappa shape index (κ1) is 27.4. The predicted molar refractivity (Wildman–Crippen MR) is 148 cm³/mol. The standard InChI is InChI=1S/C29H33ClN4O4/c1-19(2)15-22-18-38-25-10-9-21(30)16-24(25)28(36)32-12-5-6-14-34(17-26(35)33-22)29(37)27-23-8-4-3-7-20(23)11-13-31-27/h3-4,7-11,13,16,19,22H,5-6,12,14-15,17-18H2,1-2H3,(H,32,36)(H,33,35)/t22-/m1/s1. The van der Waals surface area contributed by atoms with E-state index in [4.69, 9.17) is 16.3 Å². The van der Waals surface area contributed by atoms with Crippen LogP contribution in [0.3, 0.4) is 0 Å². The molecule has 0 saturated heterocycles. The molecule has 0 spiro atoms. The maximum atomic E-state index is 13.6. The van der Waals surface area contributed by atoms with Gasteiger partial charge in [-0.25, -0.2) is 0 Å². The van der Waals surface area contributed by atoms with Gasteiger partial charge in [-0.05, 0) is 54.8 Å². The molecule has 200 valence electrons. The molecule has 0 aliphatic carbocycles. The Kier molecular flexibility index (Phi) is 9.18. The summed E-state index contributed by atoms with van der Waals surface area (Å²) in [5.74, 6) is -0.160. The van der Waals surface area contributed by atoms with E-state index in [0.29, 0.717) is 54.4 Å². The summed E-state index contributed by atoms with van der Waals surface area (Å²) in [5.41, 5.74) is 0.664. The van der Waals surface area contributed by atoms with Crippen LogP contribution in [0.25, 0.3) is 10.8 Å². The Labute approximate surface area is 227 Å². The zero-order chi connectivity index (χ0) is 27.1. The molecule has 1 aliphatic heterocycles. The number of aromatic nitrogens is 1. The molecule has 2 heterocycles. The third-order valence-electron chi connectivity index (χ3n) is 6.39. The Morgan fingerprint density at radius 1 is 1.16 bits per heavy atom. The maximum Gasteiger partial charge on any atom is 0.273 e. The number of fused-ring (bicyclic) bond motifs is 2. The van der Waals surface area contributed by atoms with Gasteiger partial charge < -0.3 is 20.3 Å². The molecule has 2 aromatic carbocycles. The highest BCUT2D eigenvalue weighted by atomic mass is 35.5. The minimum Gasteiger partial charge on any atom is -0.491 e. The van der Waals surface area contributed by atoms with Gasteiger partial charge in [0.15, 0.2) is 0 Å². The van der Waals surface area contributed by atoms with E-state index in [-0.39, 0.29) is 42.8 Å². The Hall–Kier alpha value is -3.65. The van der Waals surface area contributed by atoms with Crippen molar-refractivity contribution < 1.29 is 19.1 Å². The van der Waals surface area contributed by atoms with Crippen LogP contribution in [0.2, 0.25) is 5.02 Å². The molecular weight excluding hydrogens is 504 g/mol. The minimum absolute atomic E-state index is 0.100. The van der Waals surface area contributed by atoms with Crippen LogP contribution < -0.4 is 15.4 Å². The van der Waals surface area contributed by atoms with Crippen LogP contribution >= 0.6 is 11.6 Å². The van der Waals surface area contributed by atoms with Gasteiger partial charge in [-0.15, -0.1) is 0 Å². The van der Waals surface area contributed by atoms with Crippen LogP contribution in [0, 0.1) is 5.92 Å². The number of nitrogens with zero attached hydrogens (tertiary/aromatic N) is 2. The topological polar surface area (TPSA) is 101 Å². The van der Waals surface area contributed by atoms with Gasteiger partial charge in [0.25, 0.3) is 11.8 Å². The number of rotatable bonds is 3. The largest absolute Gasteiger partial charge is 0.491 e. The molecule has 2 N–H and O–H groups in total. The average molecular weight is 537 g/mol. The number of halogens is 1. The van der Waals surface area contributed by atoms with Crippen molar-refractivity contribution in [3.05, 3.63) is 71.0 Å². The van der Waals surface area contributed by atoms with Gasteiger partial charge in [0.05, 0.1) is 18.2 Å². The lowest BCUT2D eigenvalue weighted by atomic mass is 10.0. The molecule has 0 saturated carbocycles. The van der Waals surface area contributed by atoms with Crippen LogP contribution in [-0.2, 0) is 4.79 Å². The fraction of sp³-hybridized carbons (Fsp3) is 0.379. The number of carbonyl (C=O) groups excluding carboxylic acids is 3. The molecule has 4 rings (SSSR count). The van der Waals surface area contributed by atoms with E-state index in [2.05, 4.69) is 29.5 Å². The van der Waals surface area contributed by atoms with E-state index in [9.17, 15) is 14.4 Å². The van der Waals surface area contributed by atoms with Gasteiger partial charge in [0, 0.05) is 29.7 Å². The molecule has 0 fully saturated rings. The zero-order valence-electron chi connectivity index (χ0n) is 21.7. The fourth-order valence-electron chi connectivity index (χ4n) is 4.60. The number of nitrogens with one attached hydrogen (secondary N) is 2. The van der Waals surface area contributed by atoms with E-state index in [1.807, 2.05) is 30.3 Å². The van der Waals surface area contributed by atoms with E-state index in [1.54, 1.807) is 24.4 Å². The lowest BCUT2D eigenvalue weighted by Crippen LogP contribution is -2.47. The molecule has 38 heavy (non-hydrogen) atoms. The van der Waals surface area contributed by atoms with Crippen molar-refractivity contribution in [3.8, 4) is 5.75 Å². The van der Waals surface area contributed by atoms with Gasteiger partial charge in [-0.1, -0.05) is 49.7 Å². The summed E-state index contributed by atoms with van der Waals surface area (Å²) in [6, 6.07) is 14.0. The number of pyridine rings is 1. The number of hydrogen-bond acceptors (Lipinski definition) is 5. The number of benzene rings is 2. The van der Waals surface area contributed by atoms with Crippen LogP contribution in [0.5, 0.6) is 5.75 Å². The molecule has 3 aromatic rings. The fourth-order valence-corrected chi connectivity index (χ4v) is 4.77. The quantitative estimate of drug-likeness (QED) is 0.514. The molecule has 1 aliphatic rings. The smallest absolute Gasteiger partial charge is 0.273 e. The van der Waals surface area contributed by atoms with Crippen molar-refractivity contribution in [2.24, 2.45) is 5.92 Å². The first-order valence-corrected chi connectivity index (χ1v) is 13.3. The first-order chi connectivity index (χ1) is 18.3. The first-order valence-electron chi connectivity index (χ1n) is 12.9. The molecule has 0 bridgehead atoms. The third kappa shape index (κ3) is 7.01. The monoisotopic (exact) mass is 536 g/mol. The lowest BCUT2D eigenvalue weighted by Gasteiger charge is -2.25. The molecule has 1 atom stereocenters. The SMILES string of the molecule is CC(C)C[C@@H]1COc2ccc(Cl)cc2C(=O)NCCCCN(C(=O)c2nccc3ccccc23)CC(=O)N1. The van der Waals surface area contributed by atoms with Crippen LogP contribution in [0.1, 0.15) is 54.0 Å². The molecule has 0 unspecified atom stereocenters.